The first-order valence-electron chi connectivity index (χ1n) is 4.10. The molecular formula is C9H10ClF2NO2. The Morgan fingerprint density at radius 3 is 2.47 bits per heavy atom. The van der Waals surface area contributed by atoms with E-state index in [-0.39, 0.29) is 17.4 Å². The Kier molecular flexibility index (Phi) is 4.08. The topological polar surface area (TPSA) is 31.4 Å². The van der Waals surface area contributed by atoms with Crippen LogP contribution in [0.5, 0.6) is 11.5 Å². The number of hydrogen-bond acceptors (Lipinski definition) is 3. The van der Waals surface area contributed by atoms with Crippen LogP contribution in [0.4, 0.5) is 8.78 Å². The van der Waals surface area contributed by atoms with Gasteiger partial charge in [0.05, 0.1) is 25.8 Å². The standard InChI is InChI=1S/C9H10ClF2NO2/c1-14-6-3-5(4-10)13-7(9(11)12)8(6)15-2/h3,9H,4H2,1-2H3. The average Bonchev–Trinajstić information content (AvgIpc) is 2.26. The second-order valence-corrected chi connectivity index (χ2v) is 2.94. The van der Waals surface area contributed by atoms with Gasteiger partial charge in [-0.2, -0.15) is 0 Å². The number of aromatic nitrogens is 1. The SMILES string of the molecule is COc1cc(CCl)nc(C(F)F)c1OC. The minimum absolute atomic E-state index is 0.0417. The Morgan fingerprint density at radius 1 is 1.40 bits per heavy atom. The van der Waals surface area contributed by atoms with E-state index in [4.69, 9.17) is 21.1 Å². The van der Waals surface area contributed by atoms with Crippen molar-refractivity contribution in [1.29, 1.82) is 0 Å². The molecule has 0 aliphatic heterocycles. The van der Waals surface area contributed by atoms with E-state index in [1.165, 1.54) is 20.3 Å². The van der Waals surface area contributed by atoms with Crippen LogP contribution >= 0.6 is 11.6 Å². The third-order valence-electron chi connectivity index (χ3n) is 1.79. The number of nitrogens with zero attached hydrogens (tertiary/aromatic N) is 1. The molecule has 0 amide bonds. The van der Waals surface area contributed by atoms with Crippen LogP contribution < -0.4 is 9.47 Å². The van der Waals surface area contributed by atoms with E-state index >= 15 is 0 Å². The molecular weight excluding hydrogens is 228 g/mol. The van der Waals surface area contributed by atoms with Crippen molar-refractivity contribution in [2.45, 2.75) is 12.3 Å². The normalized spacial score (nSPS) is 10.5. The predicted octanol–water partition coefficient (Wildman–Crippen LogP) is 2.78. The monoisotopic (exact) mass is 237 g/mol. The van der Waals surface area contributed by atoms with Crippen LogP contribution in [0.3, 0.4) is 0 Å². The molecule has 0 spiro atoms. The molecule has 0 atom stereocenters. The Labute approximate surface area is 91.0 Å². The third kappa shape index (κ3) is 2.47. The van der Waals surface area contributed by atoms with E-state index in [9.17, 15) is 8.78 Å². The Bertz CT molecular complexity index is 347. The molecule has 84 valence electrons. The molecule has 3 nitrogen and oxygen atoms in total. The summed E-state index contributed by atoms with van der Waals surface area (Å²) < 4.78 is 34.9. The fourth-order valence-corrected chi connectivity index (χ4v) is 1.29. The highest BCUT2D eigenvalue weighted by Crippen LogP contribution is 2.36. The lowest BCUT2D eigenvalue weighted by atomic mass is 10.2. The van der Waals surface area contributed by atoms with Crippen LogP contribution in [0.2, 0.25) is 0 Å². The van der Waals surface area contributed by atoms with E-state index in [1.807, 2.05) is 0 Å². The zero-order valence-corrected chi connectivity index (χ0v) is 9.02. The number of alkyl halides is 3. The van der Waals surface area contributed by atoms with Crippen molar-refractivity contribution >= 4 is 11.6 Å². The summed E-state index contributed by atoms with van der Waals surface area (Å²) in [6.07, 6.45) is -2.72. The van der Waals surface area contributed by atoms with Gasteiger partial charge in [-0.05, 0) is 0 Å². The summed E-state index contributed by atoms with van der Waals surface area (Å²) in [6, 6.07) is 1.47. The summed E-state index contributed by atoms with van der Waals surface area (Å²) in [5, 5.41) is 0. The molecule has 1 aromatic rings. The van der Waals surface area contributed by atoms with Gasteiger partial charge in [0.1, 0.15) is 0 Å². The minimum atomic E-state index is -2.72. The number of ether oxygens (including phenoxy) is 2. The summed E-state index contributed by atoms with van der Waals surface area (Å²) in [4.78, 5) is 3.68. The molecule has 0 aromatic carbocycles. The van der Waals surface area contributed by atoms with Crippen molar-refractivity contribution in [3.8, 4) is 11.5 Å². The van der Waals surface area contributed by atoms with Gasteiger partial charge >= 0.3 is 0 Å². The summed E-state index contributed by atoms with van der Waals surface area (Å²) in [7, 11) is 2.65. The van der Waals surface area contributed by atoms with Crippen molar-refractivity contribution in [2.75, 3.05) is 14.2 Å². The Morgan fingerprint density at radius 2 is 2.07 bits per heavy atom. The van der Waals surface area contributed by atoms with Crippen LogP contribution in [0.25, 0.3) is 0 Å². The molecule has 0 aliphatic carbocycles. The number of methoxy groups -OCH3 is 2. The number of hydrogen-bond donors (Lipinski definition) is 0. The van der Waals surface area contributed by atoms with E-state index in [1.54, 1.807) is 0 Å². The molecule has 0 unspecified atom stereocenters. The maximum Gasteiger partial charge on any atom is 0.284 e. The van der Waals surface area contributed by atoms with Crippen LogP contribution in [-0.4, -0.2) is 19.2 Å². The molecule has 0 saturated carbocycles. The summed E-state index contributed by atoms with van der Waals surface area (Å²) in [5.74, 6) is 0.194. The van der Waals surface area contributed by atoms with E-state index < -0.39 is 12.1 Å². The molecule has 1 rings (SSSR count). The average molecular weight is 238 g/mol. The highest BCUT2D eigenvalue weighted by molar-refractivity contribution is 6.16. The molecule has 0 bridgehead atoms. The van der Waals surface area contributed by atoms with Crippen molar-refractivity contribution < 1.29 is 18.3 Å². The smallest absolute Gasteiger partial charge is 0.284 e. The van der Waals surface area contributed by atoms with Gasteiger partial charge in [0.15, 0.2) is 17.2 Å². The first kappa shape index (κ1) is 12.0. The third-order valence-corrected chi connectivity index (χ3v) is 2.06. The minimum Gasteiger partial charge on any atom is -0.493 e. The quantitative estimate of drug-likeness (QED) is 0.755. The highest BCUT2D eigenvalue weighted by atomic mass is 35.5. The van der Waals surface area contributed by atoms with Crippen LogP contribution in [0, 0.1) is 0 Å². The van der Waals surface area contributed by atoms with Crippen LogP contribution in [-0.2, 0) is 5.88 Å². The molecule has 0 saturated heterocycles. The highest BCUT2D eigenvalue weighted by Gasteiger charge is 2.21. The lowest BCUT2D eigenvalue weighted by molar-refractivity contribution is 0.140. The molecule has 1 heterocycles. The summed E-state index contributed by atoms with van der Waals surface area (Å²) >= 11 is 5.52. The number of rotatable bonds is 4. The van der Waals surface area contributed by atoms with Crippen LogP contribution in [0.1, 0.15) is 17.8 Å². The molecule has 15 heavy (non-hydrogen) atoms. The Hall–Kier alpha value is -1.10. The first-order valence-corrected chi connectivity index (χ1v) is 4.63. The Balaban J connectivity index is 3.32. The van der Waals surface area contributed by atoms with Crippen molar-refractivity contribution in [3.05, 3.63) is 17.5 Å². The van der Waals surface area contributed by atoms with E-state index in [0.29, 0.717) is 5.69 Å². The molecule has 1 aromatic heterocycles. The fourth-order valence-electron chi connectivity index (χ4n) is 1.15. The van der Waals surface area contributed by atoms with Gasteiger partial charge in [-0.3, -0.25) is 0 Å². The van der Waals surface area contributed by atoms with Gasteiger partial charge in [0.25, 0.3) is 6.43 Å². The molecule has 0 N–H and O–H groups in total. The molecule has 0 aliphatic rings. The molecule has 0 radical (unpaired) electrons. The molecule has 0 fully saturated rings. The summed E-state index contributed by atoms with van der Waals surface area (Å²) in [5.41, 5.74) is -0.128. The van der Waals surface area contributed by atoms with Gasteiger partial charge in [-0.15, -0.1) is 11.6 Å². The van der Waals surface area contributed by atoms with E-state index in [0.717, 1.165) is 0 Å². The van der Waals surface area contributed by atoms with Gasteiger partial charge in [0.2, 0.25) is 0 Å². The number of halogens is 3. The maximum atomic E-state index is 12.6. The van der Waals surface area contributed by atoms with Gasteiger partial charge in [0, 0.05) is 6.07 Å². The molecule has 6 heteroatoms. The van der Waals surface area contributed by atoms with Crippen molar-refractivity contribution in [1.82, 2.24) is 4.98 Å². The lowest BCUT2D eigenvalue weighted by Gasteiger charge is -2.12. The van der Waals surface area contributed by atoms with Gasteiger partial charge in [-0.25, -0.2) is 13.8 Å². The lowest BCUT2D eigenvalue weighted by Crippen LogP contribution is -2.02. The largest absolute Gasteiger partial charge is 0.493 e. The van der Waals surface area contributed by atoms with Gasteiger partial charge in [-0.1, -0.05) is 0 Å². The second-order valence-electron chi connectivity index (χ2n) is 2.67. The zero-order chi connectivity index (χ0) is 11.4. The van der Waals surface area contributed by atoms with Crippen molar-refractivity contribution in [2.24, 2.45) is 0 Å². The predicted molar refractivity (Wildman–Crippen MR) is 51.9 cm³/mol. The van der Waals surface area contributed by atoms with E-state index in [2.05, 4.69) is 4.98 Å². The zero-order valence-electron chi connectivity index (χ0n) is 8.26. The summed E-state index contributed by atoms with van der Waals surface area (Å²) in [6.45, 7) is 0. The number of pyridine rings is 1. The fraction of sp³-hybridized carbons (Fsp3) is 0.444. The van der Waals surface area contributed by atoms with Gasteiger partial charge < -0.3 is 9.47 Å². The van der Waals surface area contributed by atoms with Crippen LogP contribution in [0.15, 0.2) is 6.07 Å². The van der Waals surface area contributed by atoms with Crippen molar-refractivity contribution in [3.63, 3.8) is 0 Å². The first-order chi connectivity index (χ1) is 7.13. The maximum absolute atomic E-state index is 12.6. The second kappa shape index (κ2) is 5.11.